The summed E-state index contributed by atoms with van der Waals surface area (Å²) in [7, 11) is 0. The minimum atomic E-state index is -0.0441. The molecule has 0 aliphatic rings. The Morgan fingerprint density at radius 3 is 1.52 bits per heavy atom. The molecule has 0 aliphatic carbocycles. The van der Waals surface area contributed by atoms with Crippen LogP contribution in [0.3, 0.4) is 0 Å². The van der Waals surface area contributed by atoms with Gasteiger partial charge in [0.05, 0.1) is 0 Å². The van der Waals surface area contributed by atoms with Gasteiger partial charge in [-0.3, -0.25) is 0 Å². The van der Waals surface area contributed by atoms with Gasteiger partial charge in [0.2, 0.25) is 0 Å². The number of nitrogens with zero attached hydrogens (tertiary/aromatic N) is 1. The van der Waals surface area contributed by atoms with Crippen LogP contribution < -0.4 is 18.9 Å². The normalized spacial score (nSPS) is 12.1. The summed E-state index contributed by atoms with van der Waals surface area (Å²) < 4.78 is 0. The Morgan fingerprint density at radius 2 is 0.968 bits per heavy atom. The van der Waals surface area contributed by atoms with E-state index in [9.17, 15) is 0 Å². The van der Waals surface area contributed by atoms with Crippen LogP contribution >= 0.6 is 0 Å². The number of hydrogen-bond acceptors (Lipinski definition) is 0. The van der Waals surface area contributed by atoms with Crippen molar-refractivity contribution in [1.82, 2.24) is 0 Å². The summed E-state index contributed by atoms with van der Waals surface area (Å²) >= 11 is 0. The van der Waals surface area contributed by atoms with E-state index in [0.717, 1.165) is 0 Å². The number of fused-ring (bicyclic) bond motifs is 2. The predicted molar refractivity (Wildman–Crippen MR) is 128 cm³/mol. The first-order chi connectivity index (χ1) is 14.8. The summed E-state index contributed by atoms with van der Waals surface area (Å²) in [5.41, 5.74) is 3.75. The average Bonchev–Trinajstić information content (AvgIpc) is 2.82. The number of benzene rings is 5. The van der Waals surface area contributed by atoms with E-state index in [4.69, 9.17) is 5.32 Å². The standard InChI is InChI=1S/C29H24N.Li/c1-21(22-11-3-2-4-12-22)30-29(27-19-9-15-23-13-5-7-17-25(23)27)28-20-10-16-24-14-6-8-18-26(24)28;/h2-21,29H,1H3;/q-1;+1/t21-;/m0./s1. The van der Waals surface area contributed by atoms with Gasteiger partial charge in [-0.15, -0.1) is 6.04 Å². The molecule has 5 aromatic carbocycles. The molecule has 0 aromatic heterocycles. The minimum absolute atomic E-state index is 0. The van der Waals surface area contributed by atoms with Crippen LogP contribution in [0.25, 0.3) is 26.9 Å². The largest absolute Gasteiger partial charge is 1.00 e. The van der Waals surface area contributed by atoms with Crippen molar-refractivity contribution >= 4 is 21.5 Å². The van der Waals surface area contributed by atoms with Gasteiger partial charge in [-0.25, -0.2) is 0 Å². The second kappa shape index (κ2) is 9.54. The summed E-state index contributed by atoms with van der Waals surface area (Å²) in [6.07, 6.45) is 0. The molecule has 0 unspecified atom stereocenters. The quantitative estimate of drug-likeness (QED) is 0.364. The Bertz CT molecular complexity index is 1210. The zero-order chi connectivity index (χ0) is 20.3. The van der Waals surface area contributed by atoms with Gasteiger partial charge in [-0.05, 0) is 21.5 Å². The second-order valence-corrected chi connectivity index (χ2v) is 7.78. The summed E-state index contributed by atoms with van der Waals surface area (Å²) in [4.78, 5) is 0. The molecule has 0 saturated carbocycles. The van der Waals surface area contributed by atoms with Gasteiger partial charge in [0.25, 0.3) is 0 Å². The van der Waals surface area contributed by atoms with E-state index in [1.165, 1.54) is 38.2 Å². The average molecular weight is 393 g/mol. The second-order valence-electron chi connectivity index (χ2n) is 7.78. The fourth-order valence-corrected chi connectivity index (χ4v) is 4.35. The Labute approximate surface area is 196 Å². The fourth-order valence-electron chi connectivity index (χ4n) is 4.35. The van der Waals surface area contributed by atoms with E-state index in [2.05, 4.69) is 122 Å². The van der Waals surface area contributed by atoms with Gasteiger partial charge >= 0.3 is 18.9 Å². The van der Waals surface area contributed by atoms with Crippen molar-refractivity contribution < 1.29 is 18.9 Å². The molecule has 31 heavy (non-hydrogen) atoms. The first-order valence-electron chi connectivity index (χ1n) is 10.5. The summed E-state index contributed by atoms with van der Waals surface area (Å²) in [5, 5.41) is 10.4. The summed E-state index contributed by atoms with van der Waals surface area (Å²) in [6, 6.07) is 41.0. The SMILES string of the molecule is C[C@H]([N-]C(c1cccc2ccccc12)c1cccc2ccccc12)c1ccccc1.[Li+]. The Morgan fingerprint density at radius 1 is 0.516 bits per heavy atom. The van der Waals surface area contributed by atoms with Crippen molar-refractivity contribution in [2.45, 2.75) is 19.0 Å². The zero-order valence-electron chi connectivity index (χ0n) is 18.1. The van der Waals surface area contributed by atoms with Crippen molar-refractivity contribution in [2.75, 3.05) is 0 Å². The molecule has 146 valence electrons. The van der Waals surface area contributed by atoms with Gasteiger partial charge in [-0.2, -0.15) is 0 Å². The Balaban J connectivity index is 0.00000231. The maximum atomic E-state index is 5.39. The van der Waals surface area contributed by atoms with Crippen LogP contribution in [0.2, 0.25) is 0 Å². The number of rotatable bonds is 5. The molecule has 5 rings (SSSR count). The first-order valence-corrected chi connectivity index (χ1v) is 10.5. The third kappa shape index (κ3) is 4.32. The molecule has 0 heterocycles. The molecule has 5 aromatic rings. The Hall–Kier alpha value is -2.82. The van der Waals surface area contributed by atoms with E-state index in [0.29, 0.717) is 0 Å². The van der Waals surface area contributed by atoms with Gasteiger partial charge in [0.15, 0.2) is 0 Å². The molecule has 1 nitrogen and oxygen atoms in total. The smallest absolute Gasteiger partial charge is 0.646 e. The molecule has 0 spiro atoms. The molecule has 0 saturated heterocycles. The van der Waals surface area contributed by atoms with Gasteiger partial charge in [-0.1, -0.05) is 145 Å². The molecule has 0 N–H and O–H groups in total. The monoisotopic (exact) mass is 393 g/mol. The third-order valence-electron chi connectivity index (χ3n) is 5.89. The van der Waals surface area contributed by atoms with Crippen molar-refractivity contribution in [1.29, 1.82) is 0 Å². The van der Waals surface area contributed by atoms with Crippen LogP contribution in [0.4, 0.5) is 0 Å². The summed E-state index contributed by atoms with van der Waals surface area (Å²) in [5.74, 6) is 0. The zero-order valence-corrected chi connectivity index (χ0v) is 18.1. The van der Waals surface area contributed by atoms with Crippen molar-refractivity contribution in [2.24, 2.45) is 0 Å². The summed E-state index contributed by atoms with van der Waals surface area (Å²) in [6.45, 7) is 2.19. The maximum absolute atomic E-state index is 5.39. The molecule has 0 amide bonds. The number of hydrogen-bond donors (Lipinski definition) is 0. The van der Waals surface area contributed by atoms with E-state index >= 15 is 0 Å². The van der Waals surface area contributed by atoms with Crippen LogP contribution in [-0.2, 0) is 0 Å². The molecule has 0 bridgehead atoms. The van der Waals surface area contributed by atoms with Gasteiger partial charge in [0.1, 0.15) is 0 Å². The van der Waals surface area contributed by atoms with Crippen LogP contribution in [0.5, 0.6) is 0 Å². The molecule has 1 atom stereocenters. The molecule has 0 fully saturated rings. The van der Waals surface area contributed by atoms with Crippen LogP contribution in [0, 0.1) is 0 Å². The van der Waals surface area contributed by atoms with Crippen molar-refractivity contribution in [3.05, 3.63) is 137 Å². The Kier molecular flexibility index (Phi) is 6.59. The molecular formula is C29H24LiN. The molecule has 0 aliphatic heterocycles. The van der Waals surface area contributed by atoms with E-state index in [-0.39, 0.29) is 30.9 Å². The third-order valence-corrected chi connectivity index (χ3v) is 5.89. The van der Waals surface area contributed by atoms with Crippen LogP contribution in [-0.4, -0.2) is 0 Å². The molecule has 0 radical (unpaired) electrons. The van der Waals surface area contributed by atoms with Gasteiger partial charge < -0.3 is 5.32 Å². The van der Waals surface area contributed by atoms with Crippen molar-refractivity contribution in [3.8, 4) is 0 Å². The van der Waals surface area contributed by atoms with Crippen molar-refractivity contribution in [3.63, 3.8) is 0 Å². The van der Waals surface area contributed by atoms with E-state index in [1.54, 1.807) is 0 Å². The molecular weight excluding hydrogens is 369 g/mol. The maximum Gasteiger partial charge on any atom is 1.00 e. The van der Waals surface area contributed by atoms with Crippen LogP contribution in [0.15, 0.2) is 115 Å². The van der Waals surface area contributed by atoms with Gasteiger partial charge in [0, 0.05) is 0 Å². The van der Waals surface area contributed by atoms with E-state index < -0.39 is 0 Å². The van der Waals surface area contributed by atoms with Crippen LogP contribution in [0.1, 0.15) is 35.7 Å². The molecule has 2 heteroatoms. The first kappa shape index (κ1) is 21.4. The van der Waals surface area contributed by atoms with E-state index in [1.807, 2.05) is 0 Å². The minimum Gasteiger partial charge on any atom is -0.646 e. The fraction of sp³-hybridized carbons (Fsp3) is 0.103. The topological polar surface area (TPSA) is 14.1 Å². The predicted octanol–water partition coefficient (Wildman–Crippen LogP) is 5.22.